The van der Waals surface area contributed by atoms with Crippen molar-refractivity contribution in [3.05, 3.63) is 22.1 Å². The molecule has 1 aliphatic rings. The van der Waals surface area contributed by atoms with Gasteiger partial charge in [-0.05, 0) is 0 Å². The van der Waals surface area contributed by atoms with Crippen LogP contribution in [0.25, 0.3) is 0 Å². The number of hydroxylamine groups is 3. The van der Waals surface area contributed by atoms with E-state index < -0.39 is 5.06 Å². The number of hydrogen-bond donors (Lipinski definition) is 2. The van der Waals surface area contributed by atoms with Gasteiger partial charge in [0.05, 0.1) is 14.2 Å². The van der Waals surface area contributed by atoms with Crippen molar-refractivity contribution in [2.24, 2.45) is 5.73 Å². The Morgan fingerprint density at radius 2 is 2.00 bits per heavy atom. The number of quaternary nitrogens is 1. The minimum atomic E-state index is -0.632. The van der Waals surface area contributed by atoms with Crippen LogP contribution in [0.4, 0.5) is 0 Å². The maximum atomic E-state index is 11.1. The molecule has 3 N–H and O–H groups in total. The van der Waals surface area contributed by atoms with E-state index in [9.17, 15) is 10.4 Å². The summed E-state index contributed by atoms with van der Waals surface area (Å²) in [7, 11) is 2.47. The summed E-state index contributed by atoms with van der Waals surface area (Å²) in [5.74, 6) is -0.457. The van der Waals surface area contributed by atoms with E-state index in [2.05, 4.69) is 9.47 Å². The highest BCUT2D eigenvalue weighted by Crippen LogP contribution is 1.99. The Kier molecular flexibility index (Phi) is 2.07. The van der Waals surface area contributed by atoms with Gasteiger partial charge in [-0.1, -0.05) is 0 Å². The van der Waals surface area contributed by atoms with E-state index in [-0.39, 0.29) is 22.5 Å². The van der Waals surface area contributed by atoms with Gasteiger partial charge in [-0.3, -0.25) is 5.73 Å². The molecule has 0 saturated heterocycles. The Bertz CT molecular complexity index is 233. The minimum absolute atomic E-state index is 0.179. The van der Waals surface area contributed by atoms with E-state index in [1.807, 2.05) is 0 Å². The third-order valence-electron chi connectivity index (χ3n) is 1.43. The second-order valence-electron chi connectivity index (χ2n) is 2.05. The molecule has 0 fully saturated rings. The fourth-order valence-corrected chi connectivity index (χ4v) is 0.880. The molecule has 0 aromatic carbocycles. The monoisotopic (exact) mass is 175 g/mol. The van der Waals surface area contributed by atoms with Crippen molar-refractivity contribution in [2.45, 2.75) is 0 Å². The van der Waals surface area contributed by atoms with E-state index in [1.54, 1.807) is 0 Å². The second kappa shape index (κ2) is 2.88. The predicted molar refractivity (Wildman–Crippen MR) is 38.2 cm³/mol. The Labute approximate surface area is 68.4 Å². The first-order chi connectivity index (χ1) is 5.63. The molecule has 1 heterocycles. The lowest BCUT2D eigenvalue weighted by molar-refractivity contribution is -0.744. The van der Waals surface area contributed by atoms with Crippen molar-refractivity contribution in [3.63, 3.8) is 0 Å². The summed E-state index contributed by atoms with van der Waals surface area (Å²) >= 11 is 0. The van der Waals surface area contributed by atoms with Crippen LogP contribution in [-0.2, 0) is 9.47 Å². The second-order valence-corrected chi connectivity index (χ2v) is 2.05. The standard InChI is InChI=1S/C5H9N3O4/c1-11-4-3(6)7(9)5(12-2)8(4)10/h8H,6H2,1-2H3. The van der Waals surface area contributed by atoms with Gasteiger partial charge in [-0.25, -0.2) is 0 Å². The van der Waals surface area contributed by atoms with Gasteiger partial charge in [-0.2, -0.15) is 5.06 Å². The van der Waals surface area contributed by atoms with Gasteiger partial charge in [0, 0.05) is 0 Å². The Morgan fingerprint density at radius 3 is 2.25 bits per heavy atom. The smallest absolute Gasteiger partial charge is 0.478 e. The molecule has 1 aliphatic heterocycles. The zero-order valence-corrected chi connectivity index (χ0v) is 6.66. The van der Waals surface area contributed by atoms with E-state index >= 15 is 0 Å². The van der Waals surface area contributed by atoms with Crippen molar-refractivity contribution in [2.75, 3.05) is 14.2 Å². The summed E-state index contributed by atoms with van der Waals surface area (Å²) in [4.78, 5) is 0. The van der Waals surface area contributed by atoms with Crippen LogP contribution in [0.2, 0.25) is 0 Å². The zero-order valence-electron chi connectivity index (χ0n) is 6.66. The summed E-state index contributed by atoms with van der Waals surface area (Å²) in [6, 6.07) is -0.371. The molecule has 0 aromatic rings. The van der Waals surface area contributed by atoms with Crippen molar-refractivity contribution in [1.29, 1.82) is 0 Å². The van der Waals surface area contributed by atoms with Crippen molar-refractivity contribution in [1.82, 2.24) is 0 Å². The van der Waals surface area contributed by atoms with E-state index in [1.165, 1.54) is 14.2 Å². The molecule has 0 spiro atoms. The summed E-state index contributed by atoms with van der Waals surface area (Å²) in [6.45, 7) is 0. The van der Waals surface area contributed by atoms with Crippen LogP contribution in [0, 0.1) is 10.4 Å². The fraction of sp³-hybridized carbons (Fsp3) is 0.400. The van der Waals surface area contributed by atoms with Gasteiger partial charge in [0.25, 0.3) is 0 Å². The van der Waals surface area contributed by atoms with Gasteiger partial charge in [0.15, 0.2) is 0 Å². The minimum Gasteiger partial charge on any atom is -0.704 e. The number of methoxy groups -OCH3 is 2. The zero-order chi connectivity index (χ0) is 9.30. The van der Waals surface area contributed by atoms with Crippen LogP contribution >= 0.6 is 0 Å². The average molecular weight is 175 g/mol. The normalized spacial score (nSPS) is 23.4. The number of nitrogens with zero attached hydrogens (tertiary/aromatic N) is 1. The third kappa shape index (κ3) is 0.953. The van der Waals surface area contributed by atoms with Crippen LogP contribution in [0.1, 0.15) is 0 Å². The lowest BCUT2D eigenvalue weighted by atomic mass is 10.7. The first kappa shape index (κ1) is 8.62. The molecule has 0 aliphatic carbocycles. The average Bonchev–Trinajstić information content (AvgIpc) is 2.25. The summed E-state index contributed by atoms with van der Waals surface area (Å²) < 4.78 is 9.31. The maximum absolute atomic E-state index is 11.1. The molecular weight excluding hydrogens is 166 g/mol. The highest BCUT2D eigenvalue weighted by Gasteiger charge is 2.36. The van der Waals surface area contributed by atoms with Crippen molar-refractivity contribution in [3.8, 4) is 0 Å². The molecule has 1 unspecified atom stereocenters. The molecule has 1 atom stereocenters. The Hall–Kier alpha value is -1.47. The van der Waals surface area contributed by atoms with Crippen LogP contribution in [-0.4, -0.2) is 25.0 Å². The first-order valence-electron chi connectivity index (χ1n) is 3.10. The Balaban J connectivity index is 3.03. The topological polar surface area (TPSA) is 98.0 Å². The summed E-state index contributed by atoms with van der Waals surface area (Å²) in [6.07, 6.45) is 0. The van der Waals surface area contributed by atoms with Crippen molar-refractivity contribution >= 4 is 6.02 Å². The lowest BCUT2D eigenvalue weighted by Gasteiger charge is -2.13. The van der Waals surface area contributed by atoms with Gasteiger partial charge in [-0.15, -0.1) is 4.74 Å². The van der Waals surface area contributed by atoms with Gasteiger partial charge >= 0.3 is 17.7 Å². The largest absolute Gasteiger partial charge is 0.704 e. The number of ether oxygens (including phenoxy) is 2. The molecule has 12 heavy (non-hydrogen) atoms. The van der Waals surface area contributed by atoms with Crippen LogP contribution in [0.3, 0.4) is 0 Å². The van der Waals surface area contributed by atoms with Gasteiger partial charge in [0.1, 0.15) is 0 Å². The molecule has 1 rings (SSSR count). The molecular formula is C5H9N3O4. The predicted octanol–water partition coefficient (Wildman–Crippen LogP) is -2.37. The summed E-state index contributed by atoms with van der Waals surface area (Å²) in [5, 5.41) is 21.5. The molecule has 0 radical (unpaired) electrons. The number of amidine groups is 1. The van der Waals surface area contributed by atoms with Gasteiger partial charge in [0.2, 0.25) is 0 Å². The van der Waals surface area contributed by atoms with Crippen molar-refractivity contribution < 1.29 is 19.3 Å². The quantitative estimate of drug-likeness (QED) is 0.343. The molecule has 0 aromatic heterocycles. The number of nitrogens with one attached hydrogen (secondary N) is 1. The van der Waals surface area contributed by atoms with Crippen LogP contribution in [0.15, 0.2) is 11.7 Å². The van der Waals surface area contributed by atoms with Crippen LogP contribution in [0.5, 0.6) is 0 Å². The Morgan fingerprint density at radius 1 is 1.42 bits per heavy atom. The van der Waals surface area contributed by atoms with E-state index in [0.717, 1.165) is 0 Å². The highest BCUT2D eigenvalue weighted by atomic mass is 16.7. The molecule has 0 amide bonds. The fourth-order valence-electron chi connectivity index (χ4n) is 0.880. The lowest BCUT2D eigenvalue weighted by Crippen LogP contribution is -3.08. The number of hydrogen-bond acceptors (Lipinski definition) is 5. The summed E-state index contributed by atoms with van der Waals surface area (Å²) in [5.41, 5.74) is 5.24. The van der Waals surface area contributed by atoms with E-state index in [4.69, 9.17) is 5.73 Å². The number of nitrogens with two attached hydrogens (primary N) is 1. The maximum Gasteiger partial charge on any atom is 0.478 e. The van der Waals surface area contributed by atoms with E-state index in [0.29, 0.717) is 0 Å². The molecule has 0 saturated carbocycles. The number of rotatable bonds is 1. The van der Waals surface area contributed by atoms with Gasteiger partial charge < -0.3 is 19.9 Å². The third-order valence-corrected chi connectivity index (χ3v) is 1.43. The first-order valence-corrected chi connectivity index (χ1v) is 3.10. The van der Waals surface area contributed by atoms with Crippen LogP contribution < -0.4 is 10.8 Å². The molecule has 7 heteroatoms. The SMILES string of the molecule is COC1=C(N)[N+]([O-])=C(OC)[NH+]1[O-]. The highest BCUT2D eigenvalue weighted by molar-refractivity contribution is 5.61. The molecule has 7 nitrogen and oxygen atoms in total. The molecule has 68 valence electrons. The molecule has 0 bridgehead atoms.